The number of ketones is 1. The number of hydrogen-bond donors (Lipinski definition) is 2. The molecule has 7 heteroatoms. The quantitative estimate of drug-likeness (QED) is 0.553. The molecule has 0 heterocycles. The van der Waals surface area contributed by atoms with Crippen LogP contribution in [-0.4, -0.2) is 31.2 Å². The fourth-order valence-electron chi connectivity index (χ4n) is 0.345. The Kier molecular flexibility index (Phi) is 4.20. The highest BCUT2D eigenvalue weighted by Gasteiger charge is 2.06. The fourth-order valence-corrected chi connectivity index (χ4v) is 0.345. The van der Waals surface area contributed by atoms with Crippen molar-refractivity contribution in [3.05, 3.63) is 0 Å². The van der Waals surface area contributed by atoms with Gasteiger partial charge in [0.1, 0.15) is 0 Å². The molecular weight excluding hydrogens is 168 g/mol. The highest BCUT2D eigenvalue weighted by atomic mass is 16.6. The number of primary amides is 2. The Bertz CT molecular complexity index is 182. The van der Waals surface area contributed by atoms with Crippen LogP contribution in [0, 0.1) is 0 Å². The third-order valence-corrected chi connectivity index (χ3v) is 0.751. The molecule has 0 fully saturated rings. The molecule has 0 rings (SSSR count). The Morgan fingerprint density at radius 1 is 0.917 bits per heavy atom. The summed E-state index contributed by atoms with van der Waals surface area (Å²) in [4.78, 5) is 30.5. The van der Waals surface area contributed by atoms with Crippen LogP contribution >= 0.6 is 0 Å². The molecule has 0 spiro atoms. The maximum absolute atomic E-state index is 10.6. The van der Waals surface area contributed by atoms with E-state index in [4.69, 9.17) is 0 Å². The molecule has 0 saturated carbocycles. The van der Waals surface area contributed by atoms with Crippen molar-refractivity contribution in [2.24, 2.45) is 11.5 Å². The van der Waals surface area contributed by atoms with Crippen molar-refractivity contribution in [2.45, 2.75) is 0 Å². The van der Waals surface area contributed by atoms with Crippen LogP contribution in [0.5, 0.6) is 0 Å². The number of ether oxygens (including phenoxy) is 2. The normalized spacial score (nSPS) is 8.67. The van der Waals surface area contributed by atoms with Crippen molar-refractivity contribution in [1.29, 1.82) is 0 Å². The summed E-state index contributed by atoms with van der Waals surface area (Å²) in [5.74, 6) is -0.604. The van der Waals surface area contributed by atoms with Gasteiger partial charge in [-0.1, -0.05) is 0 Å². The van der Waals surface area contributed by atoms with E-state index in [1.165, 1.54) is 0 Å². The maximum Gasteiger partial charge on any atom is 0.404 e. The van der Waals surface area contributed by atoms with Gasteiger partial charge in [-0.25, -0.2) is 9.59 Å². The average Bonchev–Trinajstić information content (AvgIpc) is 1.96. The summed E-state index contributed by atoms with van der Waals surface area (Å²) in [5.41, 5.74) is 9.10. The van der Waals surface area contributed by atoms with E-state index in [1.54, 1.807) is 0 Å². The molecule has 0 aliphatic carbocycles. The third-order valence-electron chi connectivity index (χ3n) is 0.751. The summed E-state index contributed by atoms with van der Waals surface area (Å²) in [6, 6.07) is 0. The van der Waals surface area contributed by atoms with Crippen LogP contribution in [0.3, 0.4) is 0 Å². The predicted molar refractivity (Wildman–Crippen MR) is 36.1 cm³/mol. The Labute approximate surface area is 67.6 Å². The summed E-state index contributed by atoms with van der Waals surface area (Å²) in [6.07, 6.45) is -2.13. The lowest BCUT2D eigenvalue weighted by molar-refractivity contribution is -0.124. The second kappa shape index (κ2) is 4.94. The lowest BCUT2D eigenvalue weighted by Gasteiger charge is -2.00. The van der Waals surface area contributed by atoms with E-state index in [2.05, 4.69) is 20.9 Å². The van der Waals surface area contributed by atoms with Gasteiger partial charge >= 0.3 is 12.2 Å². The van der Waals surface area contributed by atoms with Crippen molar-refractivity contribution in [3.63, 3.8) is 0 Å². The van der Waals surface area contributed by atoms with Crippen LogP contribution in [0.15, 0.2) is 0 Å². The van der Waals surface area contributed by atoms with Gasteiger partial charge in [-0.3, -0.25) is 4.79 Å². The van der Waals surface area contributed by atoms with Crippen LogP contribution in [-0.2, 0) is 14.3 Å². The Morgan fingerprint density at radius 3 is 1.50 bits per heavy atom. The topological polar surface area (TPSA) is 122 Å². The van der Waals surface area contributed by atoms with E-state index < -0.39 is 31.2 Å². The first kappa shape index (κ1) is 10.2. The molecule has 0 aliphatic rings. The molecule has 0 bridgehead atoms. The monoisotopic (exact) mass is 176 g/mol. The number of carbonyl (C=O) groups excluding carboxylic acids is 3. The smallest absolute Gasteiger partial charge is 0.404 e. The van der Waals surface area contributed by atoms with E-state index in [-0.39, 0.29) is 0 Å². The molecule has 0 radical (unpaired) electrons. The molecule has 0 atom stereocenters. The number of carbonyl (C=O) groups is 3. The van der Waals surface area contributed by atoms with Crippen molar-refractivity contribution in [3.8, 4) is 0 Å². The molecular formula is C5H8N2O5. The first-order chi connectivity index (χ1) is 5.52. The van der Waals surface area contributed by atoms with E-state index in [1.807, 2.05) is 0 Å². The minimum atomic E-state index is -1.07. The van der Waals surface area contributed by atoms with Crippen molar-refractivity contribution in [1.82, 2.24) is 0 Å². The molecule has 0 aromatic heterocycles. The molecule has 0 aromatic carbocycles. The van der Waals surface area contributed by atoms with E-state index in [0.29, 0.717) is 0 Å². The average molecular weight is 176 g/mol. The molecule has 7 nitrogen and oxygen atoms in total. The van der Waals surface area contributed by atoms with Crippen LogP contribution < -0.4 is 11.5 Å². The summed E-state index contributed by atoms with van der Waals surface area (Å²) < 4.78 is 8.19. The molecule has 0 saturated heterocycles. The number of Topliss-reactive ketones (excluding diaryl/α,β-unsaturated/α-hetero) is 1. The number of rotatable bonds is 4. The van der Waals surface area contributed by atoms with Gasteiger partial charge in [-0.15, -0.1) is 0 Å². The molecule has 12 heavy (non-hydrogen) atoms. The minimum Gasteiger partial charge on any atom is -0.442 e. The van der Waals surface area contributed by atoms with E-state index in [9.17, 15) is 14.4 Å². The zero-order chi connectivity index (χ0) is 9.56. The maximum atomic E-state index is 10.6. The fraction of sp³-hybridized carbons (Fsp3) is 0.400. The summed E-state index contributed by atoms with van der Waals surface area (Å²) in [5, 5.41) is 0. The summed E-state index contributed by atoms with van der Waals surface area (Å²) >= 11 is 0. The zero-order valence-corrected chi connectivity index (χ0v) is 6.11. The Hall–Kier alpha value is -1.79. The van der Waals surface area contributed by atoms with Gasteiger partial charge in [-0.2, -0.15) is 0 Å². The highest BCUT2D eigenvalue weighted by molar-refractivity contribution is 5.84. The van der Waals surface area contributed by atoms with Gasteiger partial charge < -0.3 is 20.9 Å². The van der Waals surface area contributed by atoms with Gasteiger partial charge in [0.15, 0.2) is 13.2 Å². The van der Waals surface area contributed by atoms with Crippen LogP contribution in [0.1, 0.15) is 0 Å². The second-order valence-corrected chi connectivity index (χ2v) is 1.75. The minimum absolute atomic E-state index is 0.525. The zero-order valence-electron chi connectivity index (χ0n) is 6.11. The second-order valence-electron chi connectivity index (χ2n) is 1.75. The van der Waals surface area contributed by atoms with Gasteiger partial charge in [0.2, 0.25) is 5.78 Å². The number of hydrogen-bond acceptors (Lipinski definition) is 5. The Balaban J connectivity index is 3.47. The molecule has 0 aliphatic heterocycles. The van der Waals surface area contributed by atoms with Gasteiger partial charge in [0.25, 0.3) is 0 Å². The Morgan fingerprint density at radius 2 is 1.25 bits per heavy atom. The number of amides is 2. The third kappa shape index (κ3) is 6.33. The summed E-state index contributed by atoms with van der Waals surface area (Å²) in [6.45, 7) is -1.05. The van der Waals surface area contributed by atoms with Crippen LogP contribution in [0.25, 0.3) is 0 Å². The van der Waals surface area contributed by atoms with Gasteiger partial charge in [0, 0.05) is 0 Å². The van der Waals surface area contributed by atoms with Gasteiger partial charge in [0.05, 0.1) is 0 Å². The van der Waals surface area contributed by atoms with E-state index in [0.717, 1.165) is 0 Å². The van der Waals surface area contributed by atoms with Crippen molar-refractivity contribution in [2.75, 3.05) is 13.2 Å². The lowest BCUT2D eigenvalue weighted by atomic mass is 10.4. The first-order valence-corrected chi connectivity index (χ1v) is 2.88. The number of nitrogens with two attached hydrogens (primary N) is 2. The van der Waals surface area contributed by atoms with Crippen molar-refractivity contribution >= 4 is 18.0 Å². The highest BCUT2D eigenvalue weighted by Crippen LogP contribution is 1.80. The lowest BCUT2D eigenvalue weighted by Crippen LogP contribution is -2.24. The molecule has 4 N–H and O–H groups in total. The van der Waals surface area contributed by atoms with Crippen LogP contribution in [0.4, 0.5) is 9.59 Å². The van der Waals surface area contributed by atoms with E-state index >= 15 is 0 Å². The molecule has 68 valence electrons. The standard InChI is InChI=1S/C5H8N2O5/c6-4(9)11-1-3(8)2-12-5(7)10/h1-2H2,(H2,6,9)(H2,7,10). The molecule has 2 amide bonds. The van der Waals surface area contributed by atoms with Gasteiger partial charge in [-0.05, 0) is 0 Å². The summed E-state index contributed by atoms with van der Waals surface area (Å²) in [7, 11) is 0. The SMILES string of the molecule is NC(=O)OCC(=O)COC(N)=O. The largest absolute Gasteiger partial charge is 0.442 e. The van der Waals surface area contributed by atoms with Crippen molar-refractivity contribution < 1.29 is 23.9 Å². The molecule has 0 aromatic rings. The predicted octanol–water partition coefficient (Wildman–Crippen LogP) is -1.25. The first-order valence-electron chi connectivity index (χ1n) is 2.88. The van der Waals surface area contributed by atoms with Crippen LogP contribution in [0.2, 0.25) is 0 Å². The molecule has 0 unspecified atom stereocenters.